The largest absolute Gasteiger partial charge is 0.496 e. The van der Waals surface area contributed by atoms with Gasteiger partial charge < -0.3 is 15.4 Å². The van der Waals surface area contributed by atoms with Crippen molar-refractivity contribution in [3.8, 4) is 5.75 Å². The van der Waals surface area contributed by atoms with E-state index in [0.29, 0.717) is 34.7 Å². The Morgan fingerprint density at radius 1 is 1.18 bits per heavy atom. The quantitative estimate of drug-likeness (QED) is 0.527. The minimum absolute atomic E-state index is 0.347. The van der Waals surface area contributed by atoms with Crippen LogP contribution in [0.3, 0.4) is 0 Å². The Bertz CT molecular complexity index is 959. The van der Waals surface area contributed by atoms with Crippen LogP contribution in [0.2, 0.25) is 5.02 Å². The van der Waals surface area contributed by atoms with Crippen molar-refractivity contribution < 1.29 is 13.2 Å². The summed E-state index contributed by atoms with van der Waals surface area (Å²) in [6.45, 7) is 5.46. The zero-order valence-electron chi connectivity index (χ0n) is 16.5. The second kappa shape index (κ2) is 9.80. The highest BCUT2D eigenvalue weighted by molar-refractivity contribution is 7.90. The molecule has 0 aliphatic rings. The van der Waals surface area contributed by atoms with E-state index < -0.39 is 9.84 Å². The molecule has 0 saturated carbocycles. The summed E-state index contributed by atoms with van der Waals surface area (Å²) >= 11 is 6.00. The monoisotopic (exact) mass is 423 g/mol. The molecule has 0 aliphatic carbocycles. The third kappa shape index (κ3) is 6.14. The summed E-state index contributed by atoms with van der Waals surface area (Å²) in [4.78, 5) is 4.93. The van der Waals surface area contributed by atoms with Crippen molar-refractivity contribution in [2.24, 2.45) is 4.99 Å². The number of aliphatic imine (C=N–C) groups is 1. The van der Waals surface area contributed by atoms with Gasteiger partial charge in [-0.1, -0.05) is 29.8 Å². The van der Waals surface area contributed by atoms with E-state index in [2.05, 4.69) is 15.6 Å². The molecule has 0 spiro atoms. The van der Waals surface area contributed by atoms with Gasteiger partial charge in [0, 0.05) is 29.9 Å². The maximum atomic E-state index is 11.7. The highest BCUT2D eigenvalue weighted by Crippen LogP contribution is 2.23. The Morgan fingerprint density at radius 2 is 1.93 bits per heavy atom. The lowest BCUT2D eigenvalue weighted by molar-refractivity contribution is 0.409. The first-order valence-corrected chi connectivity index (χ1v) is 11.2. The van der Waals surface area contributed by atoms with Gasteiger partial charge in [-0.2, -0.15) is 0 Å². The van der Waals surface area contributed by atoms with E-state index in [0.717, 1.165) is 23.2 Å². The SMILES string of the molecule is CCNC(=NCc1ccc(S(C)(=O)=O)c(C)c1)NCc1ccc(Cl)cc1OC. The van der Waals surface area contributed by atoms with Gasteiger partial charge in [0.2, 0.25) is 0 Å². The number of nitrogens with one attached hydrogen (secondary N) is 2. The van der Waals surface area contributed by atoms with Crippen LogP contribution in [0.1, 0.15) is 23.6 Å². The minimum Gasteiger partial charge on any atom is -0.496 e. The molecule has 0 amide bonds. The van der Waals surface area contributed by atoms with Crippen molar-refractivity contribution >= 4 is 27.4 Å². The lowest BCUT2D eigenvalue weighted by Crippen LogP contribution is -2.36. The van der Waals surface area contributed by atoms with Gasteiger partial charge in [-0.15, -0.1) is 0 Å². The third-order valence-electron chi connectivity index (χ3n) is 4.10. The van der Waals surface area contributed by atoms with Crippen LogP contribution in [0.5, 0.6) is 5.75 Å². The minimum atomic E-state index is -3.22. The maximum Gasteiger partial charge on any atom is 0.191 e. The van der Waals surface area contributed by atoms with Gasteiger partial charge in [0.25, 0.3) is 0 Å². The van der Waals surface area contributed by atoms with Crippen molar-refractivity contribution in [1.82, 2.24) is 10.6 Å². The van der Waals surface area contributed by atoms with Crippen LogP contribution in [0.25, 0.3) is 0 Å². The predicted octanol–water partition coefficient (Wildman–Crippen LogP) is 3.32. The van der Waals surface area contributed by atoms with Crippen LogP contribution in [0, 0.1) is 6.92 Å². The van der Waals surface area contributed by atoms with Crippen LogP contribution >= 0.6 is 11.6 Å². The van der Waals surface area contributed by atoms with E-state index in [9.17, 15) is 8.42 Å². The smallest absolute Gasteiger partial charge is 0.191 e. The summed E-state index contributed by atoms with van der Waals surface area (Å²) in [5.41, 5.74) is 2.62. The van der Waals surface area contributed by atoms with Crippen molar-refractivity contribution in [2.45, 2.75) is 31.8 Å². The number of aryl methyl sites for hydroxylation is 1. The Hall–Kier alpha value is -2.25. The molecule has 2 aromatic rings. The number of benzene rings is 2. The van der Waals surface area contributed by atoms with Gasteiger partial charge in [0.05, 0.1) is 18.6 Å². The molecular weight excluding hydrogens is 398 g/mol. The molecule has 2 aromatic carbocycles. The van der Waals surface area contributed by atoms with E-state index in [1.165, 1.54) is 6.26 Å². The average molecular weight is 424 g/mol. The number of ether oxygens (including phenoxy) is 1. The Balaban J connectivity index is 2.11. The molecule has 28 heavy (non-hydrogen) atoms. The summed E-state index contributed by atoms with van der Waals surface area (Å²) in [6, 6.07) is 10.8. The molecular formula is C20H26ClN3O3S. The van der Waals surface area contributed by atoms with Crippen LogP contribution < -0.4 is 15.4 Å². The van der Waals surface area contributed by atoms with Gasteiger partial charge in [-0.05, 0) is 43.2 Å². The number of nitrogens with zero attached hydrogens (tertiary/aromatic N) is 1. The van der Waals surface area contributed by atoms with Crippen LogP contribution in [-0.2, 0) is 22.9 Å². The Kier molecular flexibility index (Phi) is 7.71. The first-order chi connectivity index (χ1) is 13.2. The van der Waals surface area contributed by atoms with Crippen molar-refractivity contribution in [3.05, 3.63) is 58.1 Å². The molecule has 0 aliphatic heterocycles. The topological polar surface area (TPSA) is 79.8 Å². The van der Waals surface area contributed by atoms with Crippen molar-refractivity contribution in [1.29, 1.82) is 0 Å². The second-order valence-corrected chi connectivity index (χ2v) is 8.80. The van der Waals surface area contributed by atoms with Gasteiger partial charge in [0.1, 0.15) is 5.75 Å². The fourth-order valence-corrected chi connectivity index (χ4v) is 3.90. The highest BCUT2D eigenvalue weighted by atomic mass is 35.5. The number of sulfone groups is 1. The van der Waals surface area contributed by atoms with E-state index in [-0.39, 0.29) is 0 Å². The van der Waals surface area contributed by atoms with E-state index in [1.807, 2.05) is 25.1 Å². The molecule has 0 heterocycles. The molecule has 0 radical (unpaired) electrons. The fraction of sp³-hybridized carbons (Fsp3) is 0.350. The average Bonchev–Trinajstić information content (AvgIpc) is 2.63. The number of rotatable bonds is 7. The first-order valence-electron chi connectivity index (χ1n) is 8.88. The number of halogens is 1. The van der Waals surface area contributed by atoms with E-state index in [4.69, 9.17) is 16.3 Å². The molecule has 152 valence electrons. The third-order valence-corrected chi connectivity index (χ3v) is 5.59. The zero-order valence-corrected chi connectivity index (χ0v) is 18.1. The lowest BCUT2D eigenvalue weighted by Gasteiger charge is -2.14. The van der Waals surface area contributed by atoms with Gasteiger partial charge in [-0.25, -0.2) is 13.4 Å². The highest BCUT2D eigenvalue weighted by Gasteiger charge is 2.11. The molecule has 0 aromatic heterocycles. The van der Waals surface area contributed by atoms with Crippen LogP contribution in [0.15, 0.2) is 46.3 Å². The standard InChI is InChI=1S/C20H26ClN3O3S/c1-5-22-20(24-13-16-7-8-17(21)11-18(16)27-3)23-12-15-6-9-19(14(2)10-15)28(4,25)26/h6-11H,5,12-13H2,1-4H3,(H2,22,23,24). The maximum absolute atomic E-state index is 11.7. The second-order valence-electron chi connectivity index (χ2n) is 6.38. The molecule has 2 rings (SSSR count). The summed E-state index contributed by atoms with van der Waals surface area (Å²) in [6.07, 6.45) is 1.21. The molecule has 2 N–H and O–H groups in total. The fourth-order valence-electron chi connectivity index (χ4n) is 2.78. The first kappa shape index (κ1) is 22.0. The van der Waals surface area contributed by atoms with Gasteiger partial charge >= 0.3 is 0 Å². The summed E-state index contributed by atoms with van der Waals surface area (Å²) < 4.78 is 28.9. The van der Waals surface area contributed by atoms with E-state index >= 15 is 0 Å². The van der Waals surface area contributed by atoms with Gasteiger partial charge in [-0.3, -0.25) is 0 Å². The summed E-state index contributed by atoms with van der Waals surface area (Å²) in [7, 11) is -1.61. The summed E-state index contributed by atoms with van der Waals surface area (Å²) in [5.74, 6) is 1.37. The number of guanidine groups is 1. The number of methoxy groups -OCH3 is 1. The number of hydrogen-bond acceptors (Lipinski definition) is 4. The van der Waals surface area contributed by atoms with E-state index in [1.54, 1.807) is 32.2 Å². The normalized spacial score (nSPS) is 12.0. The predicted molar refractivity (Wildman–Crippen MR) is 114 cm³/mol. The van der Waals surface area contributed by atoms with Crippen molar-refractivity contribution in [2.75, 3.05) is 19.9 Å². The molecule has 0 atom stereocenters. The molecule has 0 bridgehead atoms. The van der Waals surface area contributed by atoms with Crippen LogP contribution in [-0.4, -0.2) is 34.3 Å². The molecule has 8 heteroatoms. The molecule has 0 saturated heterocycles. The Morgan fingerprint density at radius 3 is 2.54 bits per heavy atom. The molecule has 0 fully saturated rings. The Labute approximate surface area is 171 Å². The summed E-state index contributed by atoms with van der Waals surface area (Å²) in [5, 5.41) is 7.09. The lowest BCUT2D eigenvalue weighted by atomic mass is 10.1. The number of hydrogen-bond donors (Lipinski definition) is 2. The van der Waals surface area contributed by atoms with Crippen LogP contribution in [0.4, 0.5) is 0 Å². The van der Waals surface area contributed by atoms with Crippen molar-refractivity contribution in [3.63, 3.8) is 0 Å². The molecule has 6 nitrogen and oxygen atoms in total. The molecule has 0 unspecified atom stereocenters. The zero-order chi connectivity index (χ0) is 20.7. The van der Waals surface area contributed by atoms with Gasteiger partial charge in [0.15, 0.2) is 15.8 Å².